The van der Waals surface area contributed by atoms with Gasteiger partial charge in [-0.05, 0) is 44.4 Å². The highest BCUT2D eigenvalue weighted by atomic mass is 19.1. The Morgan fingerprint density at radius 2 is 2.00 bits per heavy atom. The van der Waals surface area contributed by atoms with Crippen molar-refractivity contribution in [2.75, 3.05) is 19.6 Å². The molecule has 2 atom stereocenters. The predicted octanol–water partition coefficient (Wildman–Crippen LogP) is 1.83. The zero-order chi connectivity index (χ0) is 17.8. The van der Waals surface area contributed by atoms with Crippen LogP contribution in [-0.2, 0) is 4.79 Å². The maximum atomic E-state index is 13.5. The monoisotopic (exact) mass is 351 g/mol. The summed E-state index contributed by atoms with van der Waals surface area (Å²) in [5.41, 5.74) is -0.190. The predicted molar refractivity (Wildman–Crippen MR) is 89.1 cm³/mol. The van der Waals surface area contributed by atoms with E-state index in [1.807, 2.05) is 4.90 Å². The van der Waals surface area contributed by atoms with E-state index >= 15 is 0 Å². The third-order valence-electron chi connectivity index (χ3n) is 4.97. The molecule has 0 aliphatic carbocycles. The van der Waals surface area contributed by atoms with Crippen LogP contribution in [0.1, 0.15) is 42.5 Å². The molecule has 2 fully saturated rings. The first-order valence-corrected chi connectivity index (χ1v) is 8.81. The first-order chi connectivity index (χ1) is 12.1. The lowest BCUT2D eigenvalue weighted by Gasteiger charge is -2.28. The summed E-state index contributed by atoms with van der Waals surface area (Å²) in [6.07, 6.45) is 3.96. The van der Waals surface area contributed by atoms with E-state index in [1.165, 1.54) is 0 Å². The van der Waals surface area contributed by atoms with Gasteiger partial charge in [-0.3, -0.25) is 9.59 Å². The number of hydrogen-bond acceptors (Lipinski definition) is 3. The van der Waals surface area contributed by atoms with Crippen LogP contribution in [0.4, 0.5) is 8.78 Å². The van der Waals surface area contributed by atoms with Gasteiger partial charge in [-0.15, -0.1) is 0 Å². The van der Waals surface area contributed by atoms with Gasteiger partial charge in [0.05, 0.1) is 5.56 Å². The maximum Gasteiger partial charge on any atom is 0.254 e. The molecule has 1 aromatic rings. The van der Waals surface area contributed by atoms with Gasteiger partial charge in [0.2, 0.25) is 5.91 Å². The first kappa shape index (κ1) is 17.8. The molecule has 7 heteroatoms. The Labute approximate surface area is 145 Å². The lowest BCUT2D eigenvalue weighted by molar-refractivity contribution is -0.133. The van der Waals surface area contributed by atoms with Crippen LogP contribution in [0.2, 0.25) is 0 Å². The number of halogens is 2. The summed E-state index contributed by atoms with van der Waals surface area (Å²) in [5, 5.41) is 5.94. The topological polar surface area (TPSA) is 61.4 Å². The van der Waals surface area contributed by atoms with E-state index < -0.39 is 17.5 Å². The minimum atomic E-state index is -0.887. The number of carbonyl (C=O) groups excluding carboxylic acids is 2. The number of fused-ring (bicyclic) bond motifs is 2. The second-order valence-corrected chi connectivity index (χ2v) is 6.66. The highest BCUT2D eigenvalue weighted by Crippen LogP contribution is 2.28. The highest BCUT2D eigenvalue weighted by Gasteiger charge is 2.37. The van der Waals surface area contributed by atoms with Crippen LogP contribution in [0.25, 0.3) is 0 Å². The molecular formula is C18H23F2N3O2. The Kier molecular flexibility index (Phi) is 5.63. The van der Waals surface area contributed by atoms with Gasteiger partial charge in [0.15, 0.2) is 0 Å². The van der Waals surface area contributed by atoms with E-state index in [0.29, 0.717) is 24.9 Å². The molecule has 2 unspecified atom stereocenters. The minimum absolute atomic E-state index is 0.124. The summed E-state index contributed by atoms with van der Waals surface area (Å²) in [6, 6.07) is 3.46. The van der Waals surface area contributed by atoms with Crippen molar-refractivity contribution in [3.63, 3.8) is 0 Å². The molecule has 2 aliphatic rings. The van der Waals surface area contributed by atoms with E-state index in [0.717, 1.165) is 44.5 Å². The smallest absolute Gasteiger partial charge is 0.254 e. The Morgan fingerprint density at radius 3 is 2.80 bits per heavy atom. The molecule has 0 aromatic heterocycles. The van der Waals surface area contributed by atoms with Crippen LogP contribution in [0.3, 0.4) is 0 Å². The van der Waals surface area contributed by atoms with Crippen molar-refractivity contribution < 1.29 is 18.4 Å². The Bertz CT molecular complexity index is 639. The number of benzene rings is 1. The molecule has 25 heavy (non-hydrogen) atoms. The Balaban J connectivity index is 1.45. The number of nitrogens with zero attached hydrogens (tertiary/aromatic N) is 1. The van der Waals surface area contributed by atoms with Gasteiger partial charge < -0.3 is 15.5 Å². The summed E-state index contributed by atoms with van der Waals surface area (Å²) < 4.78 is 26.4. The molecule has 5 nitrogen and oxygen atoms in total. The summed E-state index contributed by atoms with van der Waals surface area (Å²) >= 11 is 0. The molecule has 0 spiro atoms. The first-order valence-electron chi connectivity index (χ1n) is 8.81. The van der Waals surface area contributed by atoms with Crippen LogP contribution >= 0.6 is 0 Å². The quantitative estimate of drug-likeness (QED) is 0.796. The van der Waals surface area contributed by atoms with Crippen molar-refractivity contribution in [3.8, 4) is 0 Å². The third-order valence-corrected chi connectivity index (χ3v) is 4.97. The molecule has 2 bridgehead atoms. The summed E-state index contributed by atoms with van der Waals surface area (Å²) in [4.78, 5) is 26.4. The molecule has 2 aliphatic heterocycles. The number of hydrogen-bond donors (Lipinski definition) is 2. The van der Waals surface area contributed by atoms with Gasteiger partial charge in [-0.25, -0.2) is 8.78 Å². The fourth-order valence-corrected chi connectivity index (χ4v) is 3.73. The van der Waals surface area contributed by atoms with E-state index in [-0.39, 0.29) is 24.1 Å². The van der Waals surface area contributed by atoms with Crippen molar-refractivity contribution in [2.45, 2.75) is 44.2 Å². The van der Waals surface area contributed by atoms with Crippen molar-refractivity contribution in [3.05, 3.63) is 35.4 Å². The van der Waals surface area contributed by atoms with E-state index in [1.54, 1.807) is 0 Å². The number of amides is 2. The Hall–Kier alpha value is -2.02. The van der Waals surface area contributed by atoms with Crippen molar-refractivity contribution in [2.24, 2.45) is 0 Å². The van der Waals surface area contributed by atoms with E-state index in [9.17, 15) is 18.4 Å². The van der Waals surface area contributed by atoms with Crippen LogP contribution < -0.4 is 10.6 Å². The molecule has 2 saturated heterocycles. The fourth-order valence-electron chi connectivity index (χ4n) is 3.73. The standard InChI is InChI=1S/C18H23F2N3O2/c19-12-3-6-15(16(20)10-12)18(25)22-8-1-2-17(24)23-13-4-5-14(23)11-21-9-7-13/h3,6,10,13-14,21H,1-2,4-5,7-9,11H2,(H,22,25). The van der Waals surface area contributed by atoms with Gasteiger partial charge in [0.25, 0.3) is 5.91 Å². The molecule has 136 valence electrons. The average molecular weight is 351 g/mol. The van der Waals surface area contributed by atoms with Crippen molar-refractivity contribution in [1.29, 1.82) is 0 Å². The molecule has 0 radical (unpaired) electrons. The van der Waals surface area contributed by atoms with Crippen molar-refractivity contribution >= 4 is 11.8 Å². The summed E-state index contributed by atoms with van der Waals surface area (Å²) in [5.74, 6) is -2.08. The van der Waals surface area contributed by atoms with Crippen LogP contribution in [0.15, 0.2) is 18.2 Å². The normalized spacial score (nSPS) is 22.6. The molecule has 2 N–H and O–H groups in total. The SMILES string of the molecule is O=C(NCCCC(=O)N1C2CCNCC1CC2)c1ccc(F)cc1F. The largest absolute Gasteiger partial charge is 0.352 e. The van der Waals surface area contributed by atoms with E-state index in [4.69, 9.17) is 0 Å². The average Bonchev–Trinajstić information content (AvgIpc) is 2.84. The second kappa shape index (κ2) is 7.91. The lowest BCUT2D eigenvalue weighted by Crippen LogP contribution is -2.42. The zero-order valence-electron chi connectivity index (χ0n) is 14.1. The lowest BCUT2D eigenvalue weighted by atomic mass is 10.1. The molecule has 3 rings (SSSR count). The molecule has 2 heterocycles. The van der Waals surface area contributed by atoms with Crippen LogP contribution in [-0.4, -0.2) is 48.4 Å². The van der Waals surface area contributed by atoms with Crippen LogP contribution in [0, 0.1) is 11.6 Å². The van der Waals surface area contributed by atoms with Gasteiger partial charge in [0.1, 0.15) is 11.6 Å². The van der Waals surface area contributed by atoms with Gasteiger partial charge in [-0.2, -0.15) is 0 Å². The van der Waals surface area contributed by atoms with Gasteiger partial charge in [-0.1, -0.05) is 0 Å². The number of nitrogens with one attached hydrogen (secondary N) is 2. The molecular weight excluding hydrogens is 328 g/mol. The molecule has 1 aromatic carbocycles. The summed E-state index contributed by atoms with van der Waals surface area (Å²) in [7, 11) is 0. The van der Waals surface area contributed by atoms with Crippen LogP contribution in [0.5, 0.6) is 0 Å². The number of carbonyl (C=O) groups is 2. The van der Waals surface area contributed by atoms with E-state index in [2.05, 4.69) is 10.6 Å². The van der Waals surface area contributed by atoms with Gasteiger partial charge in [0, 0.05) is 37.7 Å². The molecule has 0 saturated carbocycles. The Morgan fingerprint density at radius 1 is 1.20 bits per heavy atom. The summed E-state index contributed by atoms with van der Waals surface area (Å²) in [6.45, 7) is 2.08. The second-order valence-electron chi connectivity index (χ2n) is 6.66. The third kappa shape index (κ3) is 4.15. The minimum Gasteiger partial charge on any atom is -0.352 e. The number of rotatable bonds is 5. The van der Waals surface area contributed by atoms with Gasteiger partial charge >= 0.3 is 0 Å². The maximum absolute atomic E-state index is 13.5. The van der Waals surface area contributed by atoms with Crippen molar-refractivity contribution in [1.82, 2.24) is 15.5 Å². The highest BCUT2D eigenvalue weighted by molar-refractivity contribution is 5.94. The fraction of sp³-hybridized carbons (Fsp3) is 0.556. The molecule has 2 amide bonds. The zero-order valence-corrected chi connectivity index (χ0v) is 14.1.